The Kier molecular flexibility index (Phi) is 21.1. The minimum atomic E-state index is -0.643. The Hall–Kier alpha value is -3.62. The van der Waals surface area contributed by atoms with E-state index in [1.54, 1.807) is 19.3 Å². The molecular weight excluding hydrogens is 762 g/mol. The molecular formula is C46H65ClF2N4O3S. The minimum absolute atomic E-state index is 0.00406. The van der Waals surface area contributed by atoms with Crippen molar-refractivity contribution in [2.24, 2.45) is 10.9 Å². The van der Waals surface area contributed by atoms with Crippen LogP contribution in [0.4, 0.5) is 8.78 Å². The molecule has 3 atom stereocenters. The maximum atomic E-state index is 17.0. The van der Waals surface area contributed by atoms with Crippen LogP contribution in [0.1, 0.15) is 123 Å². The average Bonchev–Trinajstić information content (AvgIpc) is 3.85. The van der Waals surface area contributed by atoms with E-state index in [2.05, 4.69) is 55.1 Å². The van der Waals surface area contributed by atoms with Gasteiger partial charge in [-0.05, 0) is 94.2 Å². The highest BCUT2D eigenvalue weighted by Gasteiger charge is 2.32. The molecule has 2 aliphatic rings. The lowest BCUT2D eigenvalue weighted by atomic mass is 9.89. The van der Waals surface area contributed by atoms with Crippen LogP contribution in [-0.4, -0.2) is 74.3 Å². The molecule has 3 unspecified atom stereocenters. The summed E-state index contributed by atoms with van der Waals surface area (Å²) in [6.07, 6.45) is 11.4. The first-order valence-corrected chi connectivity index (χ1v) is 21.4. The lowest BCUT2D eigenvalue weighted by molar-refractivity contribution is -0.112. The van der Waals surface area contributed by atoms with E-state index in [1.165, 1.54) is 63.1 Å². The maximum absolute atomic E-state index is 17.0. The smallest absolute Gasteiger partial charge is 0.209 e. The quantitative estimate of drug-likeness (QED) is 0.131. The highest BCUT2D eigenvalue weighted by Crippen LogP contribution is 2.46. The molecule has 1 saturated heterocycles. The number of ether oxygens (including phenoxy) is 2. The number of aliphatic imine (C=N–C) groups is 1. The molecule has 11 heteroatoms. The van der Waals surface area contributed by atoms with Crippen molar-refractivity contribution in [3.05, 3.63) is 86.8 Å². The van der Waals surface area contributed by atoms with Crippen molar-refractivity contribution in [2.45, 2.75) is 119 Å². The van der Waals surface area contributed by atoms with Gasteiger partial charge in [0.25, 0.3) is 0 Å². The molecule has 1 aromatic heterocycles. The number of likely N-dealkylation sites (tertiary alicyclic amines) is 1. The number of allylic oxidation sites excluding steroid dienone is 8. The molecule has 1 aromatic carbocycles. The van der Waals surface area contributed by atoms with Crippen LogP contribution < -0.4 is 0 Å². The van der Waals surface area contributed by atoms with Crippen LogP contribution in [0.2, 0.25) is 0 Å². The number of carbonyl (C=O) groups excluding carboxylic acids is 1. The summed E-state index contributed by atoms with van der Waals surface area (Å²) in [6.45, 7) is 24.8. The van der Waals surface area contributed by atoms with E-state index < -0.39 is 11.6 Å². The zero-order valence-corrected chi connectivity index (χ0v) is 37.9. The largest absolute Gasteiger partial charge is 0.481 e. The predicted molar refractivity (Wildman–Crippen MR) is 237 cm³/mol. The molecule has 0 N–H and O–H groups in total. The lowest BCUT2D eigenvalue weighted by Gasteiger charge is -2.33. The van der Waals surface area contributed by atoms with E-state index in [9.17, 15) is 10.1 Å². The fourth-order valence-corrected chi connectivity index (χ4v) is 8.19. The van der Waals surface area contributed by atoms with Crippen molar-refractivity contribution in [3.63, 3.8) is 0 Å². The van der Waals surface area contributed by atoms with Crippen LogP contribution in [0, 0.1) is 23.1 Å². The number of fused-ring (bicyclic) bond motifs is 1. The number of carbonyl (C=O) groups is 1. The summed E-state index contributed by atoms with van der Waals surface area (Å²) in [5, 5.41) is 10.7. The van der Waals surface area contributed by atoms with Crippen molar-refractivity contribution < 1.29 is 23.0 Å². The summed E-state index contributed by atoms with van der Waals surface area (Å²) in [4.78, 5) is 19.7. The van der Waals surface area contributed by atoms with Gasteiger partial charge >= 0.3 is 0 Å². The van der Waals surface area contributed by atoms with E-state index in [-0.39, 0.29) is 39.9 Å². The summed E-state index contributed by atoms with van der Waals surface area (Å²) in [6, 6.07) is 5.33. The van der Waals surface area contributed by atoms with Crippen LogP contribution in [0.25, 0.3) is 15.7 Å². The predicted octanol–water partition coefficient (Wildman–Crippen LogP) is 12.5. The summed E-state index contributed by atoms with van der Waals surface area (Å²) in [7, 11) is 5.33. The Morgan fingerprint density at radius 2 is 1.82 bits per heavy atom. The van der Waals surface area contributed by atoms with E-state index in [4.69, 9.17) is 21.1 Å². The van der Waals surface area contributed by atoms with Gasteiger partial charge in [-0.1, -0.05) is 79.1 Å². The van der Waals surface area contributed by atoms with E-state index in [0.29, 0.717) is 45.2 Å². The Bertz CT molecular complexity index is 1880. The molecule has 0 amide bonds. The number of nitriles is 1. The van der Waals surface area contributed by atoms with Gasteiger partial charge in [-0.3, -0.25) is 4.79 Å². The van der Waals surface area contributed by atoms with Crippen LogP contribution >= 0.6 is 22.9 Å². The second-order valence-corrected chi connectivity index (χ2v) is 16.3. The van der Waals surface area contributed by atoms with Crippen LogP contribution in [0.15, 0.2) is 69.9 Å². The molecule has 1 fully saturated rings. The molecule has 4 rings (SSSR count). The fourth-order valence-electron chi connectivity index (χ4n) is 6.71. The zero-order chi connectivity index (χ0) is 43.0. The van der Waals surface area contributed by atoms with Gasteiger partial charge in [-0.25, -0.2) is 13.8 Å². The molecule has 0 bridgehead atoms. The topological polar surface area (TPSA) is 78.2 Å². The third-order valence-electron chi connectivity index (χ3n) is 10.7. The SMILES string of the molecule is C=CC(C)=O.CC/C=C(/N=C1/C(F)=C(c2ccc(F)c3sc(C(C)C)c(C#N)c23)C(Cl)=C/C1=C(/C)N(C)C(CC)CCC(C)CC)OC.CCN1CCC(OC)C1. The van der Waals surface area contributed by atoms with E-state index >= 15 is 8.78 Å². The van der Waals surface area contributed by atoms with Gasteiger partial charge in [0.15, 0.2) is 11.6 Å². The summed E-state index contributed by atoms with van der Waals surface area (Å²) in [5.74, 6) is -0.167. The van der Waals surface area contributed by atoms with Gasteiger partial charge in [0.05, 0.1) is 28.5 Å². The number of thiophene rings is 1. The molecule has 0 saturated carbocycles. The number of likely N-dealkylation sites (N-methyl/N-ethyl adjacent to an activating group) is 1. The molecule has 2 heterocycles. The van der Waals surface area contributed by atoms with Gasteiger partial charge in [0, 0.05) is 60.4 Å². The lowest BCUT2D eigenvalue weighted by Crippen LogP contribution is -2.32. The summed E-state index contributed by atoms with van der Waals surface area (Å²) >= 11 is 8.16. The van der Waals surface area contributed by atoms with Crippen LogP contribution in [-0.2, 0) is 14.3 Å². The molecule has 57 heavy (non-hydrogen) atoms. The summed E-state index contributed by atoms with van der Waals surface area (Å²) < 4.78 is 43.1. The second-order valence-electron chi connectivity index (χ2n) is 14.8. The Morgan fingerprint density at radius 1 is 1.16 bits per heavy atom. The molecule has 314 valence electrons. The van der Waals surface area contributed by atoms with Crippen LogP contribution in [0.3, 0.4) is 0 Å². The van der Waals surface area contributed by atoms with Gasteiger partial charge in [-0.2, -0.15) is 5.26 Å². The Balaban J connectivity index is 0.000000673. The first kappa shape index (κ1) is 49.5. The molecule has 0 radical (unpaired) electrons. The maximum Gasteiger partial charge on any atom is 0.209 e. The van der Waals surface area contributed by atoms with Crippen molar-refractivity contribution in [2.75, 3.05) is 40.9 Å². The molecule has 0 spiro atoms. The average molecular weight is 828 g/mol. The Morgan fingerprint density at radius 3 is 2.30 bits per heavy atom. The molecule has 1 aliphatic carbocycles. The van der Waals surface area contributed by atoms with Crippen LogP contribution in [0.5, 0.6) is 0 Å². The number of benzene rings is 1. The van der Waals surface area contributed by atoms with Gasteiger partial charge in [0.1, 0.15) is 17.6 Å². The van der Waals surface area contributed by atoms with Crippen molar-refractivity contribution in [3.8, 4) is 6.07 Å². The normalized spacial score (nSPS) is 18.6. The fraction of sp³-hybridized carbons (Fsp3) is 0.543. The van der Waals surface area contributed by atoms with Crippen molar-refractivity contribution in [1.29, 1.82) is 5.26 Å². The van der Waals surface area contributed by atoms with Gasteiger partial charge in [-0.15, -0.1) is 11.3 Å². The number of rotatable bonds is 15. The highest BCUT2D eigenvalue weighted by atomic mass is 35.5. The van der Waals surface area contributed by atoms with Gasteiger partial charge < -0.3 is 19.3 Å². The number of ketones is 1. The first-order valence-electron chi connectivity index (χ1n) is 20.2. The number of methoxy groups -OCH3 is 2. The number of halogens is 3. The van der Waals surface area contributed by atoms with E-state index in [1.807, 2.05) is 34.7 Å². The number of nitrogens with zero attached hydrogens (tertiary/aromatic N) is 4. The number of hydrogen-bond donors (Lipinski definition) is 0. The molecule has 1 aliphatic heterocycles. The monoisotopic (exact) mass is 826 g/mol. The standard InChI is InChI=1S/C35H44ClF2N3OS.C7H15NO.C4H6O/c1-10-13-29(42-9)40-33-25(22(7)41(8)23(12-3)15-14-21(6)11-2)18-27(36)31(32(33)38)24-16-17-28(37)35-30(24)26(19-39)34(43-35)20(4)5;1-3-8-5-4-7(6-8)9-2;1-3-4(2)5/h13,16-18,20-21,23H,10-12,14-15H2,1-9H3;7H,3-6H2,1-2H3;3H,1H2,2H3/b25-22+,29-13-,40-33+;;. The molecule has 7 nitrogen and oxygen atoms in total. The van der Waals surface area contributed by atoms with Gasteiger partial charge in [0.2, 0.25) is 5.88 Å². The third kappa shape index (κ3) is 13.2. The zero-order valence-electron chi connectivity index (χ0n) is 36.3. The number of hydrogen-bond acceptors (Lipinski definition) is 8. The van der Waals surface area contributed by atoms with Crippen molar-refractivity contribution >= 4 is 50.1 Å². The summed E-state index contributed by atoms with van der Waals surface area (Å²) in [5.41, 5.74) is 2.30. The minimum Gasteiger partial charge on any atom is -0.481 e. The van der Waals surface area contributed by atoms with Crippen molar-refractivity contribution in [1.82, 2.24) is 9.80 Å². The second kappa shape index (κ2) is 24.3. The highest BCUT2D eigenvalue weighted by molar-refractivity contribution is 7.19. The molecule has 2 aromatic rings. The van der Waals surface area contributed by atoms with E-state index in [0.717, 1.165) is 42.8 Å². The Labute approximate surface area is 350 Å². The first-order chi connectivity index (χ1) is 27.1. The third-order valence-corrected chi connectivity index (χ3v) is 12.4.